The van der Waals surface area contributed by atoms with E-state index in [1.165, 1.54) is 17.8 Å². The second-order valence-corrected chi connectivity index (χ2v) is 3.03. The third-order valence-corrected chi connectivity index (χ3v) is 1.82. The molecule has 12 heavy (non-hydrogen) atoms. The predicted octanol–water partition coefficient (Wildman–Crippen LogP) is 1.55. The van der Waals surface area contributed by atoms with E-state index in [-0.39, 0.29) is 10.8 Å². The van der Waals surface area contributed by atoms with Crippen LogP contribution in [0.25, 0.3) is 0 Å². The van der Waals surface area contributed by atoms with Gasteiger partial charge >= 0.3 is 5.97 Å². The summed E-state index contributed by atoms with van der Waals surface area (Å²) in [5, 5.41) is 9.08. The maximum atomic E-state index is 10.5. The fourth-order valence-electron chi connectivity index (χ4n) is 0.598. The van der Waals surface area contributed by atoms with Gasteiger partial charge in [-0.25, -0.2) is 14.8 Å². The first-order valence-corrected chi connectivity index (χ1v) is 4.55. The summed E-state index contributed by atoms with van der Waals surface area (Å²) in [7, 11) is 0. The van der Waals surface area contributed by atoms with Crippen molar-refractivity contribution in [2.24, 2.45) is 0 Å². The van der Waals surface area contributed by atoms with Gasteiger partial charge in [-0.1, -0.05) is 23.4 Å². The molecule has 0 saturated heterocycles. The van der Waals surface area contributed by atoms with Crippen molar-refractivity contribution in [3.8, 4) is 0 Å². The minimum atomic E-state index is -1.10. The molecule has 0 aliphatic carbocycles. The maximum Gasteiger partial charge on any atom is 0.354 e. The average molecular weight is 205 g/mol. The van der Waals surface area contributed by atoms with Crippen molar-refractivity contribution in [1.29, 1.82) is 0 Å². The molecule has 0 aliphatic heterocycles. The van der Waals surface area contributed by atoms with Crippen LogP contribution < -0.4 is 0 Å². The Morgan fingerprint density at radius 2 is 2.33 bits per heavy atom. The molecule has 0 spiro atoms. The highest BCUT2D eigenvalue weighted by Crippen LogP contribution is 2.13. The summed E-state index contributed by atoms with van der Waals surface area (Å²) < 4.78 is 0. The number of halogens is 1. The Morgan fingerprint density at radius 3 is 2.83 bits per heavy atom. The number of rotatable bonds is 2. The van der Waals surface area contributed by atoms with Gasteiger partial charge in [0, 0.05) is 6.07 Å². The van der Waals surface area contributed by atoms with Crippen LogP contribution in [-0.2, 0) is 0 Å². The second kappa shape index (κ2) is 3.73. The molecule has 1 rings (SSSR count). The van der Waals surface area contributed by atoms with Crippen LogP contribution in [0.1, 0.15) is 10.5 Å². The van der Waals surface area contributed by atoms with E-state index in [0.717, 1.165) is 0 Å². The van der Waals surface area contributed by atoms with Crippen LogP contribution in [0.2, 0.25) is 5.15 Å². The van der Waals surface area contributed by atoms with E-state index in [0.29, 0.717) is 5.16 Å². The number of hydrogen-bond acceptors (Lipinski definition) is 4. The zero-order valence-corrected chi connectivity index (χ0v) is 7.69. The Labute approximate surface area is 78.0 Å². The number of aromatic nitrogens is 2. The lowest BCUT2D eigenvalue weighted by Crippen LogP contribution is -2.02. The molecule has 0 radical (unpaired) electrons. The molecule has 0 saturated carbocycles. The van der Waals surface area contributed by atoms with Crippen molar-refractivity contribution in [2.45, 2.75) is 5.16 Å². The molecule has 0 aliphatic rings. The molecule has 1 heterocycles. The standard InChI is InChI=1S/C6H5ClN2O2S/c1-12-6-8-3(5(10)11)2-4(7)9-6/h2H,1H3,(H,10,11). The molecular weight excluding hydrogens is 200 g/mol. The first-order valence-electron chi connectivity index (χ1n) is 2.95. The third kappa shape index (κ3) is 2.09. The number of nitrogens with zero attached hydrogens (tertiary/aromatic N) is 2. The van der Waals surface area contributed by atoms with Crippen molar-refractivity contribution in [1.82, 2.24) is 9.97 Å². The highest BCUT2D eigenvalue weighted by atomic mass is 35.5. The van der Waals surface area contributed by atoms with Crippen LogP contribution in [0.5, 0.6) is 0 Å². The minimum Gasteiger partial charge on any atom is -0.477 e. The van der Waals surface area contributed by atoms with Gasteiger partial charge in [0.15, 0.2) is 10.9 Å². The van der Waals surface area contributed by atoms with Crippen LogP contribution in [0.4, 0.5) is 0 Å². The monoisotopic (exact) mass is 204 g/mol. The lowest BCUT2D eigenvalue weighted by Gasteiger charge is -1.97. The maximum absolute atomic E-state index is 10.5. The second-order valence-electron chi connectivity index (χ2n) is 1.87. The van der Waals surface area contributed by atoms with Gasteiger partial charge in [-0.2, -0.15) is 0 Å². The van der Waals surface area contributed by atoms with Gasteiger partial charge in [0.1, 0.15) is 5.15 Å². The number of aromatic carboxylic acids is 1. The fourth-order valence-corrected chi connectivity index (χ4v) is 1.21. The summed E-state index contributed by atoms with van der Waals surface area (Å²) >= 11 is 6.79. The number of thioether (sulfide) groups is 1. The largest absolute Gasteiger partial charge is 0.477 e. The summed E-state index contributed by atoms with van der Waals surface area (Å²) in [6.07, 6.45) is 1.75. The van der Waals surface area contributed by atoms with Crippen molar-refractivity contribution in [3.63, 3.8) is 0 Å². The van der Waals surface area contributed by atoms with Crippen LogP contribution in [0.3, 0.4) is 0 Å². The molecule has 1 aromatic rings. The molecule has 0 amide bonds. The van der Waals surface area contributed by atoms with Crippen LogP contribution in [-0.4, -0.2) is 27.3 Å². The van der Waals surface area contributed by atoms with Gasteiger partial charge in [0.25, 0.3) is 0 Å². The van der Waals surface area contributed by atoms with Crippen molar-refractivity contribution < 1.29 is 9.90 Å². The summed E-state index contributed by atoms with van der Waals surface area (Å²) in [6, 6.07) is 1.21. The van der Waals surface area contributed by atoms with Crippen LogP contribution in [0.15, 0.2) is 11.2 Å². The van der Waals surface area contributed by atoms with E-state index in [2.05, 4.69) is 9.97 Å². The zero-order chi connectivity index (χ0) is 9.14. The molecule has 64 valence electrons. The molecule has 0 bridgehead atoms. The minimum absolute atomic E-state index is 0.0839. The van der Waals surface area contributed by atoms with E-state index in [1.807, 2.05) is 0 Å². The van der Waals surface area contributed by atoms with Gasteiger partial charge in [-0.05, 0) is 6.26 Å². The summed E-state index contributed by atoms with van der Waals surface area (Å²) in [6.45, 7) is 0. The SMILES string of the molecule is CSc1nc(Cl)cc(C(=O)O)n1. The molecular formula is C6H5ClN2O2S. The van der Waals surface area contributed by atoms with Crippen molar-refractivity contribution in [2.75, 3.05) is 6.26 Å². The van der Waals surface area contributed by atoms with Gasteiger partial charge in [0.2, 0.25) is 0 Å². The highest BCUT2D eigenvalue weighted by molar-refractivity contribution is 7.98. The molecule has 0 fully saturated rings. The predicted molar refractivity (Wildman–Crippen MR) is 45.8 cm³/mol. The molecule has 0 aromatic carbocycles. The van der Waals surface area contributed by atoms with Gasteiger partial charge in [0.05, 0.1) is 0 Å². The van der Waals surface area contributed by atoms with E-state index in [4.69, 9.17) is 16.7 Å². The quantitative estimate of drug-likeness (QED) is 0.450. The van der Waals surface area contributed by atoms with Crippen LogP contribution >= 0.6 is 23.4 Å². The molecule has 0 atom stereocenters. The lowest BCUT2D eigenvalue weighted by molar-refractivity contribution is 0.0689. The van der Waals surface area contributed by atoms with Crippen molar-refractivity contribution in [3.05, 3.63) is 16.9 Å². The lowest BCUT2D eigenvalue weighted by atomic mass is 10.4. The normalized spacial score (nSPS) is 9.83. The third-order valence-electron chi connectivity index (χ3n) is 1.08. The Morgan fingerprint density at radius 1 is 1.67 bits per heavy atom. The van der Waals surface area contributed by atoms with Crippen LogP contribution in [0, 0.1) is 0 Å². The zero-order valence-electron chi connectivity index (χ0n) is 6.11. The van der Waals surface area contributed by atoms with E-state index >= 15 is 0 Å². The smallest absolute Gasteiger partial charge is 0.354 e. The molecule has 1 N–H and O–H groups in total. The number of carbonyl (C=O) groups is 1. The van der Waals surface area contributed by atoms with Gasteiger partial charge in [-0.3, -0.25) is 0 Å². The fraction of sp³-hybridized carbons (Fsp3) is 0.167. The van der Waals surface area contributed by atoms with E-state index in [9.17, 15) is 4.79 Å². The average Bonchev–Trinajstić information content (AvgIpc) is 2.03. The summed E-state index contributed by atoms with van der Waals surface area (Å²) in [5.41, 5.74) is -0.0839. The summed E-state index contributed by atoms with van der Waals surface area (Å²) in [4.78, 5) is 18.0. The molecule has 0 unspecified atom stereocenters. The van der Waals surface area contributed by atoms with E-state index < -0.39 is 5.97 Å². The number of carboxylic acids is 1. The highest BCUT2D eigenvalue weighted by Gasteiger charge is 2.08. The molecule has 1 aromatic heterocycles. The Bertz CT molecular complexity index is 318. The Kier molecular flexibility index (Phi) is 2.88. The first kappa shape index (κ1) is 9.28. The topological polar surface area (TPSA) is 63.1 Å². The van der Waals surface area contributed by atoms with E-state index in [1.54, 1.807) is 6.26 Å². The van der Waals surface area contributed by atoms with Gasteiger partial charge < -0.3 is 5.11 Å². The Hall–Kier alpha value is -0.810. The summed E-state index contributed by atoms with van der Waals surface area (Å²) in [5.74, 6) is -1.10. The molecule has 4 nitrogen and oxygen atoms in total. The number of carboxylic acid groups (broad SMARTS) is 1. The first-order chi connectivity index (χ1) is 5.63. The van der Waals surface area contributed by atoms with Crippen molar-refractivity contribution >= 4 is 29.3 Å². The molecule has 6 heteroatoms. The number of hydrogen-bond donors (Lipinski definition) is 1. The van der Waals surface area contributed by atoms with Gasteiger partial charge in [-0.15, -0.1) is 0 Å². The Balaban J connectivity index is 3.15.